The van der Waals surface area contributed by atoms with Crippen LogP contribution < -0.4 is 5.32 Å². The van der Waals surface area contributed by atoms with E-state index < -0.39 is 23.5 Å². The summed E-state index contributed by atoms with van der Waals surface area (Å²) >= 11 is 0. The lowest BCUT2D eigenvalue weighted by Gasteiger charge is -2.07. The van der Waals surface area contributed by atoms with E-state index in [-0.39, 0.29) is 17.8 Å². The van der Waals surface area contributed by atoms with Crippen LogP contribution in [0.25, 0.3) is 5.69 Å². The van der Waals surface area contributed by atoms with Gasteiger partial charge in [-0.15, -0.1) is 5.10 Å². The number of halogens is 4. The van der Waals surface area contributed by atoms with Crippen molar-refractivity contribution in [2.75, 3.05) is 5.32 Å². The molecule has 27 heavy (non-hydrogen) atoms. The molecule has 0 aliphatic rings. The van der Waals surface area contributed by atoms with Gasteiger partial charge in [-0.1, -0.05) is 5.21 Å². The zero-order valence-electron chi connectivity index (χ0n) is 13.5. The van der Waals surface area contributed by atoms with Gasteiger partial charge in [-0.3, -0.25) is 0 Å². The number of aromatic carboxylic acids is 1. The standard InChI is InChI=1S/C17H12F4N4O2/c18-12-5-10(16(26)27)6-13(7-12)22-8-14-9-25(24-23-14)15-3-1-11(2-4-15)17(19,20)21/h1-7,9,22H,8H2,(H,26,27). The molecule has 0 fully saturated rings. The second-order valence-electron chi connectivity index (χ2n) is 5.59. The Morgan fingerprint density at radius 2 is 1.85 bits per heavy atom. The number of alkyl halides is 3. The third-order valence-corrected chi connectivity index (χ3v) is 3.62. The number of carboxylic acids is 1. The molecule has 2 N–H and O–H groups in total. The summed E-state index contributed by atoms with van der Waals surface area (Å²) in [6.45, 7) is 0.114. The smallest absolute Gasteiger partial charge is 0.416 e. The van der Waals surface area contributed by atoms with Crippen LogP contribution in [0.4, 0.5) is 23.2 Å². The summed E-state index contributed by atoms with van der Waals surface area (Å²) in [5.41, 5.74) is 0.0905. The Bertz CT molecular complexity index is 968. The maximum absolute atomic E-state index is 13.4. The van der Waals surface area contributed by atoms with Gasteiger partial charge in [-0.25, -0.2) is 13.9 Å². The van der Waals surface area contributed by atoms with E-state index in [2.05, 4.69) is 15.6 Å². The maximum atomic E-state index is 13.4. The van der Waals surface area contributed by atoms with Gasteiger partial charge in [0.15, 0.2) is 0 Å². The van der Waals surface area contributed by atoms with Crippen LogP contribution in [-0.4, -0.2) is 26.1 Å². The van der Waals surface area contributed by atoms with E-state index in [0.717, 1.165) is 24.3 Å². The zero-order chi connectivity index (χ0) is 19.6. The number of anilines is 1. The van der Waals surface area contributed by atoms with Crippen molar-refractivity contribution < 1.29 is 27.5 Å². The Balaban J connectivity index is 1.71. The quantitative estimate of drug-likeness (QED) is 0.660. The first-order valence-corrected chi connectivity index (χ1v) is 7.59. The van der Waals surface area contributed by atoms with Gasteiger partial charge < -0.3 is 10.4 Å². The molecule has 0 aliphatic carbocycles. The number of aromatic nitrogens is 3. The minimum Gasteiger partial charge on any atom is -0.478 e. The molecule has 3 aromatic rings. The fourth-order valence-corrected chi connectivity index (χ4v) is 2.32. The van der Waals surface area contributed by atoms with Crippen molar-refractivity contribution in [3.63, 3.8) is 0 Å². The number of rotatable bonds is 5. The van der Waals surface area contributed by atoms with E-state index in [0.29, 0.717) is 11.4 Å². The molecule has 0 amide bonds. The van der Waals surface area contributed by atoms with Crippen LogP contribution in [0, 0.1) is 5.82 Å². The Morgan fingerprint density at radius 1 is 1.15 bits per heavy atom. The average molecular weight is 380 g/mol. The van der Waals surface area contributed by atoms with E-state index in [1.54, 1.807) is 0 Å². The summed E-state index contributed by atoms with van der Waals surface area (Å²) in [6.07, 6.45) is -2.93. The van der Waals surface area contributed by atoms with Crippen molar-refractivity contribution in [1.82, 2.24) is 15.0 Å². The molecule has 2 aromatic carbocycles. The molecule has 0 unspecified atom stereocenters. The first-order valence-electron chi connectivity index (χ1n) is 7.59. The molecule has 10 heteroatoms. The van der Waals surface area contributed by atoms with Crippen LogP contribution in [-0.2, 0) is 12.7 Å². The predicted octanol–water partition coefficient (Wildman–Crippen LogP) is 3.74. The predicted molar refractivity (Wildman–Crippen MR) is 87.0 cm³/mol. The topological polar surface area (TPSA) is 80.0 Å². The van der Waals surface area contributed by atoms with Gasteiger partial charge in [0.25, 0.3) is 0 Å². The number of hydrogen-bond acceptors (Lipinski definition) is 4. The van der Waals surface area contributed by atoms with Crippen LogP contribution >= 0.6 is 0 Å². The van der Waals surface area contributed by atoms with E-state index in [4.69, 9.17) is 5.11 Å². The maximum Gasteiger partial charge on any atom is 0.416 e. The number of carbonyl (C=O) groups is 1. The van der Waals surface area contributed by atoms with Crippen LogP contribution in [0.5, 0.6) is 0 Å². The number of nitrogens with one attached hydrogen (secondary N) is 1. The van der Waals surface area contributed by atoms with Crippen molar-refractivity contribution in [1.29, 1.82) is 0 Å². The van der Waals surface area contributed by atoms with E-state index in [1.165, 1.54) is 29.1 Å². The molecular weight excluding hydrogens is 368 g/mol. The first-order chi connectivity index (χ1) is 12.7. The summed E-state index contributed by atoms with van der Waals surface area (Å²) in [6, 6.07) is 7.71. The van der Waals surface area contributed by atoms with Gasteiger partial charge in [0.2, 0.25) is 0 Å². The lowest BCUT2D eigenvalue weighted by atomic mass is 10.2. The number of carboxylic acid groups (broad SMARTS) is 1. The Kier molecular flexibility index (Phi) is 4.80. The third-order valence-electron chi connectivity index (χ3n) is 3.62. The normalized spacial score (nSPS) is 11.4. The highest BCUT2D eigenvalue weighted by Crippen LogP contribution is 2.29. The van der Waals surface area contributed by atoms with Gasteiger partial charge in [-0.2, -0.15) is 13.2 Å². The summed E-state index contributed by atoms with van der Waals surface area (Å²) in [5.74, 6) is -1.96. The minimum absolute atomic E-state index is 0.114. The van der Waals surface area contributed by atoms with Crippen LogP contribution in [0.15, 0.2) is 48.7 Å². The number of nitrogens with zero attached hydrogens (tertiary/aromatic N) is 3. The van der Waals surface area contributed by atoms with Gasteiger partial charge in [0.1, 0.15) is 11.5 Å². The second kappa shape index (κ2) is 7.06. The molecule has 0 saturated heterocycles. The highest BCUT2D eigenvalue weighted by Gasteiger charge is 2.30. The van der Waals surface area contributed by atoms with Crippen LogP contribution in [0.2, 0.25) is 0 Å². The molecule has 140 valence electrons. The zero-order valence-corrected chi connectivity index (χ0v) is 13.5. The van der Waals surface area contributed by atoms with E-state index >= 15 is 0 Å². The van der Waals surface area contributed by atoms with Crippen molar-refractivity contribution in [2.24, 2.45) is 0 Å². The molecular formula is C17H12F4N4O2. The monoisotopic (exact) mass is 380 g/mol. The van der Waals surface area contributed by atoms with Gasteiger partial charge in [0.05, 0.1) is 29.6 Å². The summed E-state index contributed by atoms with van der Waals surface area (Å²) in [7, 11) is 0. The van der Waals surface area contributed by atoms with Crippen molar-refractivity contribution in [3.05, 3.63) is 71.3 Å². The average Bonchev–Trinajstić information content (AvgIpc) is 3.08. The second-order valence-corrected chi connectivity index (χ2v) is 5.59. The third kappa shape index (κ3) is 4.40. The lowest BCUT2D eigenvalue weighted by Crippen LogP contribution is -2.05. The van der Waals surface area contributed by atoms with Gasteiger partial charge in [-0.05, 0) is 42.5 Å². The van der Waals surface area contributed by atoms with Crippen molar-refractivity contribution in [3.8, 4) is 5.69 Å². The largest absolute Gasteiger partial charge is 0.478 e. The molecule has 0 aliphatic heterocycles. The molecule has 0 radical (unpaired) electrons. The van der Waals surface area contributed by atoms with E-state index in [9.17, 15) is 22.4 Å². The minimum atomic E-state index is -4.42. The highest BCUT2D eigenvalue weighted by molar-refractivity contribution is 5.88. The molecule has 6 nitrogen and oxygen atoms in total. The fourth-order valence-electron chi connectivity index (χ4n) is 2.32. The highest BCUT2D eigenvalue weighted by atomic mass is 19.4. The Labute approximate surface area is 150 Å². The molecule has 0 bridgehead atoms. The molecule has 3 rings (SSSR count). The van der Waals surface area contributed by atoms with Crippen molar-refractivity contribution in [2.45, 2.75) is 12.7 Å². The van der Waals surface area contributed by atoms with Gasteiger partial charge >= 0.3 is 12.1 Å². The molecule has 1 heterocycles. The molecule has 0 spiro atoms. The summed E-state index contributed by atoms with van der Waals surface area (Å²) in [5, 5.41) is 19.5. The Hall–Kier alpha value is -3.43. The van der Waals surface area contributed by atoms with Crippen LogP contribution in [0.1, 0.15) is 21.6 Å². The summed E-state index contributed by atoms with van der Waals surface area (Å²) in [4.78, 5) is 10.9. The number of benzene rings is 2. The Morgan fingerprint density at radius 3 is 2.48 bits per heavy atom. The number of hydrogen-bond donors (Lipinski definition) is 2. The van der Waals surface area contributed by atoms with E-state index in [1.807, 2.05) is 0 Å². The molecule has 1 aromatic heterocycles. The van der Waals surface area contributed by atoms with Gasteiger partial charge in [0, 0.05) is 5.69 Å². The SMILES string of the molecule is O=C(O)c1cc(F)cc(NCc2cn(-c3ccc(C(F)(F)F)cc3)nn2)c1. The fraction of sp³-hybridized carbons (Fsp3) is 0.118. The molecule has 0 saturated carbocycles. The lowest BCUT2D eigenvalue weighted by molar-refractivity contribution is -0.137. The first kappa shape index (κ1) is 18.4. The summed E-state index contributed by atoms with van der Waals surface area (Å²) < 4.78 is 52.5. The molecule has 0 atom stereocenters. The van der Waals surface area contributed by atoms with Crippen molar-refractivity contribution >= 4 is 11.7 Å². The van der Waals surface area contributed by atoms with Crippen LogP contribution in [0.3, 0.4) is 0 Å².